The monoisotopic (exact) mass is 218 g/mol. The van der Waals surface area contributed by atoms with Gasteiger partial charge in [0.05, 0.1) is 7.11 Å². The molecule has 0 unspecified atom stereocenters. The first-order chi connectivity index (χ1) is 7.74. The van der Waals surface area contributed by atoms with Crippen LogP contribution in [0.25, 0.3) is 11.3 Å². The van der Waals surface area contributed by atoms with Crippen molar-refractivity contribution in [1.82, 2.24) is 5.16 Å². The molecule has 2 rings (SSSR count). The van der Waals surface area contributed by atoms with Gasteiger partial charge < -0.3 is 15.0 Å². The van der Waals surface area contributed by atoms with Crippen LogP contribution >= 0.6 is 0 Å². The first-order valence-corrected chi connectivity index (χ1v) is 4.63. The molecule has 0 amide bonds. The van der Waals surface area contributed by atoms with E-state index in [1.54, 1.807) is 0 Å². The highest BCUT2D eigenvalue weighted by molar-refractivity contribution is 6.00. The Morgan fingerprint density at radius 2 is 2.06 bits per heavy atom. The molecule has 5 nitrogen and oxygen atoms in total. The second-order valence-electron chi connectivity index (χ2n) is 3.13. The van der Waals surface area contributed by atoms with Crippen LogP contribution in [0.5, 0.6) is 0 Å². The number of anilines is 1. The Hall–Kier alpha value is -2.30. The second kappa shape index (κ2) is 4.06. The van der Waals surface area contributed by atoms with Gasteiger partial charge in [-0.1, -0.05) is 35.5 Å². The van der Waals surface area contributed by atoms with Gasteiger partial charge in [0.1, 0.15) is 5.69 Å². The molecule has 0 fully saturated rings. The molecule has 0 radical (unpaired) electrons. The molecular formula is C11H10N2O3. The minimum Gasteiger partial charge on any atom is -0.465 e. The first-order valence-electron chi connectivity index (χ1n) is 4.63. The largest absolute Gasteiger partial charge is 0.465 e. The van der Waals surface area contributed by atoms with E-state index in [2.05, 4.69) is 9.89 Å². The average molecular weight is 218 g/mol. The van der Waals surface area contributed by atoms with Crippen molar-refractivity contribution in [2.24, 2.45) is 0 Å². The Morgan fingerprint density at radius 1 is 1.38 bits per heavy atom. The van der Waals surface area contributed by atoms with Crippen LogP contribution in [0, 0.1) is 0 Å². The molecular weight excluding hydrogens is 208 g/mol. The van der Waals surface area contributed by atoms with Crippen LogP contribution in [0.2, 0.25) is 0 Å². The number of rotatable bonds is 2. The van der Waals surface area contributed by atoms with Crippen LogP contribution in [-0.2, 0) is 4.74 Å². The Kier molecular flexibility index (Phi) is 2.59. The molecule has 2 N–H and O–H groups in total. The zero-order chi connectivity index (χ0) is 11.5. The lowest BCUT2D eigenvalue weighted by molar-refractivity contribution is 0.0602. The van der Waals surface area contributed by atoms with Crippen molar-refractivity contribution in [2.45, 2.75) is 0 Å². The second-order valence-corrected chi connectivity index (χ2v) is 3.13. The number of carbonyl (C=O) groups is 1. The van der Waals surface area contributed by atoms with Gasteiger partial charge in [0.2, 0.25) is 5.88 Å². The first kappa shape index (κ1) is 10.2. The summed E-state index contributed by atoms with van der Waals surface area (Å²) in [5.74, 6) is -0.594. The van der Waals surface area contributed by atoms with E-state index >= 15 is 0 Å². The number of methoxy groups -OCH3 is 1. The highest BCUT2D eigenvalue weighted by Gasteiger charge is 2.22. The van der Waals surface area contributed by atoms with Crippen LogP contribution in [0.15, 0.2) is 34.9 Å². The molecule has 5 heteroatoms. The summed E-state index contributed by atoms with van der Waals surface area (Å²) in [7, 11) is 1.28. The maximum absolute atomic E-state index is 11.5. The smallest absolute Gasteiger partial charge is 0.345 e. The number of esters is 1. The molecule has 1 aromatic carbocycles. The van der Waals surface area contributed by atoms with Crippen LogP contribution < -0.4 is 5.73 Å². The van der Waals surface area contributed by atoms with E-state index in [-0.39, 0.29) is 11.4 Å². The molecule has 0 spiro atoms. The number of nitrogens with two attached hydrogens (primary N) is 1. The molecule has 2 aromatic rings. The van der Waals surface area contributed by atoms with E-state index in [0.717, 1.165) is 5.56 Å². The maximum Gasteiger partial charge on any atom is 0.345 e. The molecule has 1 aromatic heterocycles. The van der Waals surface area contributed by atoms with Gasteiger partial charge in [-0.3, -0.25) is 0 Å². The molecule has 16 heavy (non-hydrogen) atoms. The molecule has 0 saturated carbocycles. The molecule has 0 aliphatic rings. The highest BCUT2D eigenvalue weighted by Crippen LogP contribution is 2.27. The van der Waals surface area contributed by atoms with E-state index in [4.69, 9.17) is 10.3 Å². The predicted molar refractivity (Wildman–Crippen MR) is 57.7 cm³/mol. The predicted octanol–water partition coefficient (Wildman–Crippen LogP) is 1.71. The summed E-state index contributed by atoms with van der Waals surface area (Å²) in [4.78, 5) is 11.5. The van der Waals surface area contributed by atoms with Gasteiger partial charge in [0, 0.05) is 5.56 Å². The minimum atomic E-state index is -0.558. The van der Waals surface area contributed by atoms with Crippen molar-refractivity contribution in [3.8, 4) is 11.3 Å². The zero-order valence-electron chi connectivity index (χ0n) is 8.64. The third-order valence-electron chi connectivity index (χ3n) is 2.16. The number of hydrogen-bond donors (Lipinski definition) is 1. The number of ether oxygens (including phenoxy) is 1. The average Bonchev–Trinajstić information content (AvgIpc) is 2.71. The van der Waals surface area contributed by atoms with Crippen LogP contribution in [-0.4, -0.2) is 18.2 Å². The van der Waals surface area contributed by atoms with Crippen molar-refractivity contribution in [3.05, 3.63) is 35.9 Å². The molecule has 0 atom stereocenters. The third kappa shape index (κ3) is 1.63. The lowest BCUT2D eigenvalue weighted by Crippen LogP contribution is -2.04. The number of carbonyl (C=O) groups excluding carboxylic acids is 1. The van der Waals surface area contributed by atoms with Gasteiger partial charge in [-0.15, -0.1) is 0 Å². The summed E-state index contributed by atoms with van der Waals surface area (Å²) >= 11 is 0. The molecule has 1 heterocycles. The van der Waals surface area contributed by atoms with E-state index in [1.807, 2.05) is 30.3 Å². The van der Waals surface area contributed by atoms with Gasteiger partial charge in [-0.25, -0.2) is 4.79 Å². The molecule has 0 aliphatic carbocycles. The topological polar surface area (TPSA) is 78.3 Å². The van der Waals surface area contributed by atoms with Crippen molar-refractivity contribution < 1.29 is 14.1 Å². The zero-order valence-corrected chi connectivity index (χ0v) is 8.64. The summed E-state index contributed by atoms with van der Waals surface area (Å²) in [6.07, 6.45) is 0. The van der Waals surface area contributed by atoms with Gasteiger partial charge in [-0.05, 0) is 0 Å². The SMILES string of the molecule is COC(=O)c1c(-c2ccccc2)noc1N. The molecule has 0 aliphatic heterocycles. The number of nitrogen functional groups attached to an aromatic ring is 1. The van der Waals surface area contributed by atoms with E-state index in [0.29, 0.717) is 5.69 Å². The summed E-state index contributed by atoms with van der Waals surface area (Å²) in [5, 5.41) is 3.75. The fourth-order valence-corrected chi connectivity index (χ4v) is 1.40. The molecule has 82 valence electrons. The van der Waals surface area contributed by atoms with E-state index < -0.39 is 5.97 Å². The number of benzene rings is 1. The van der Waals surface area contributed by atoms with Gasteiger partial charge in [0.15, 0.2) is 5.56 Å². The van der Waals surface area contributed by atoms with E-state index in [9.17, 15) is 4.79 Å². The van der Waals surface area contributed by atoms with Gasteiger partial charge in [-0.2, -0.15) is 0 Å². The summed E-state index contributed by atoms with van der Waals surface area (Å²) in [6.45, 7) is 0. The number of nitrogens with zero attached hydrogens (tertiary/aromatic N) is 1. The van der Waals surface area contributed by atoms with Crippen LogP contribution in [0.1, 0.15) is 10.4 Å². The Balaban J connectivity index is 2.55. The van der Waals surface area contributed by atoms with Crippen LogP contribution in [0.3, 0.4) is 0 Å². The van der Waals surface area contributed by atoms with Crippen molar-refractivity contribution in [1.29, 1.82) is 0 Å². The minimum absolute atomic E-state index is 0.0364. The van der Waals surface area contributed by atoms with Crippen LogP contribution in [0.4, 0.5) is 5.88 Å². The van der Waals surface area contributed by atoms with Gasteiger partial charge >= 0.3 is 5.97 Å². The van der Waals surface area contributed by atoms with E-state index in [1.165, 1.54) is 7.11 Å². The quantitative estimate of drug-likeness (QED) is 0.776. The van der Waals surface area contributed by atoms with Crippen molar-refractivity contribution in [2.75, 3.05) is 12.8 Å². The molecule has 0 bridgehead atoms. The summed E-state index contributed by atoms with van der Waals surface area (Å²) in [5.41, 5.74) is 6.83. The summed E-state index contributed by atoms with van der Waals surface area (Å²) in [6, 6.07) is 9.15. The van der Waals surface area contributed by atoms with Crippen molar-refractivity contribution >= 4 is 11.9 Å². The lowest BCUT2D eigenvalue weighted by atomic mass is 10.1. The number of aromatic nitrogens is 1. The van der Waals surface area contributed by atoms with Crippen molar-refractivity contribution in [3.63, 3.8) is 0 Å². The standard InChI is InChI=1S/C11H10N2O3/c1-15-11(14)8-9(13-16-10(8)12)7-5-3-2-4-6-7/h2-6H,12H2,1H3. The van der Waals surface area contributed by atoms with Gasteiger partial charge in [0.25, 0.3) is 0 Å². The highest BCUT2D eigenvalue weighted by atomic mass is 16.5. The fourth-order valence-electron chi connectivity index (χ4n) is 1.40. The third-order valence-corrected chi connectivity index (χ3v) is 2.16. The lowest BCUT2D eigenvalue weighted by Gasteiger charge is -1.99. The molecule has 0 saturated heterocycles. The summed E-state index contributed by atoms with van der Waals surface area (Å²) < 4.78 is 9.42. The Bertz CT molecular complexity index is 505. The number of hydrogen-bond acceptors (Lipinski definition) is 5. The Labute approximate surface area is 91.8 Å². The normalized spacial score (nSPS) is 10.1. The Morgan fingerprint density at radius 3 is 2.69 bits per heavy atom. The maximum atomic E-state index is 11.5. The fraction of sp³-hybridized carbons (Fsp3) is 0.0909.